The Labute approximate surface area is 128 Å². The fourth-order valence-electron chi connectivity index (χ4n) is 2.66. The van der Waals surface area contributed by atoms with Crippen LogP contribution >= 0.6 is 11.5 Å². The van der Waals surface area contributed by atoms with Crippen LogP contribution in [0.2, 0.25) is 0 Å². The van der Waals surface area contributed by atoms with Gasteiger partial charge in [-0.3, -0.25) is 4.98 Å². The minimum atomic E-state index is 0.455. The van der Waals surface area contributed by atoms with Crippen molar-refractivity contribution in [3.8, 4) is 11.1 Å². The number of nitrogens with two attached hydrogens (primary N) is 1. The number of nitrogens with zero attached hydrogens (tertiary/aromatic N) is 2. The van der Waals surface area contributed by atoms with Crippen molar-refractivity contribution in [2.24, 2.45) is 0 Å². The van der Waals surface area contributed by atoms with Gasteiger partial charge in [-0.1, -0.05) is 18.9 Å². The lowest BCUT2D eigenvalue weighted by Gasteiger charge is -2.12. The monoisotopic (exact) mass is 304 g/mol. The van der Waals surface area contributed by atoms with Crippen LogP contribution in [0.5, 0.6) is 0 Å². The second kappa shape index (κ2) is 6.87. The number of pyridine rings is 1. The van der Waals surface area contributed by atoms with Crippen molar-refractivity contribution in [1.82, 2.24) is 9.36 Å². The second-order valence-corrected chi connectivity index (χ2v) is 5.99. The van der Waals surface area contributed by atoms with Gasteiger partial charge in [-0.2, -0.15) is 4.37 Å². The Balaban J connectivity index is 1.58. The van der Waals surface area contributed by atoms with Gasteiger partial charge in [-0.05, 0) is 30.4 Å². The minimum absolute atomic E-state index is 0.455. The Morgan fingerprint density at radius 2 is 2.24 bits per heavy atom. The third-order valence-corrected chi connectivity index (χ3v) is 4.53. The maximum absolute atomic E-state index is 5.98. The van der Waals surface area contributed by atoms with E-state index in [1.54, 1.807) is 12.4 Å². The Kier molecular flexibility index (Phi) is 4.67. The van der Waals surface area contributed by atoms with E-state index in [0.717, 1.165) is 29.3 Å². The molecular weight excluding hydrogens is 284 g/mol. The fraction of sp³-hybridized carbons (Fsp3) is 0.467. The normalized spacial score (nSPS) is 15.4. The Morgan fingerprint density at radius 3 is 3.00 bits per heavy atom. The van der Waals surface area contributed by atoms with E-state index in [4.69, 9.17) is 10.5 Å². The van der Waals surface area contributed by atoms with Gasteiger partial charge in [0.25, 0.3) is 0 Å². The topological polar surface area (TPSA) is 73.1 Å². The van der Waals surface area contributed by atoms with E-state index in [0.29, 0.717) is 11.9 Å². The number of hydrogen-bond acceptors (Lipinski definition) is 6. The molecule has 2 aromatic rings. The molecule has 3 N–H and O–H groups in total. The number of rotatable bonds is 6. The van der Waals surface area contributed by atoms with Crippen molar-refractivity contribution >= 4 is 22.4 Å². The van der Waals surface area contributed by atoms with Crippen molar-refractivity contribution < 1.29 is 4.74 Å². The average Bonchev–Trinajstić information content (AvgIpc) is 3.14. The zero-order valence-corrected chi connectivity index (χ0v) is 12.7. The quantitative estimate of drug-likeness (QED) is 0.802. The predicted molar refractivity (Wildman–Crippen MR) is 86.5 cm³/mol. The molecule has 0 aliphatic heterocycles. The molecule has 0 bridgehead atoms. The molecule has 5 nitrogen and oxygen atoms in total. The van der Waals surface area contributed by atoms with Crippen molar-refractivity contribution in [3.63, 3.8) is 0 Å². The molecule has 0 saturated heterocycles. The van der Waals surface area contributed by atoms with Crippen molar-refractivity contribution in [2.45, 2.75) is 31.8 Å². The zero-order chi connectivity index (χ0) is 14.5. The highest BCUT2D eigenvalue weighted by Gasteiger charge is 2.16. The molecule has 0 amide bonds. The molecule has 6 heteroatoms. The lowest BCUT2D eigenvalue weighted by molar-refractivity contribution is 0.0659. The number of hydrogen-bond donors (Lipinski definition) is 2. The van der Waals surface area contributed by atoms with E-state index in [1.165, 1.54) is 37.2 Å². The van der Waals surface area contributed by atoms with Gasteiger partial charge < -0.3 is 15.8 Å². The Hall–Kier alpha value is -1.66. The molecule has 2 aromatic heterocycles. The van der Waals surface area contributed by atoms with Gasteiger partial charge in [0, 0.05) is 24.5 Å². The molecule has 0 spiro atoms. The highest BCUT2D eigenvalue weighted by Crippen LogP contribution is 2.36. The molecule has 0 radical (unpaired) electrons. The number of nitrogen functional groups attached to an aromatic ring is 1. The number of anilines is 2. The summed E-state index contributed by atoms with van der Waals surface area (Å²) in [4.78, 5) is 4.14. The first-order valence-electron chi connectivity index (χ1n) is 7.35. The van der Waals surface area contributed by atoms with E-state index in [2.05, 4.69) is 14.7 Å². The summed E-state index contributed by atoms with van der Waals surface area (Å²) in [5, 5.41) is 4.36. The molecule has 21 heavy (non-hydrogen) atoms. The molecular formula is C15H20N4OS. The van der Waals surface area contributed by atoms with E-state index >= 15 is 0 Å². The average molecular weight is 304 g/mol. The van der Waals surface area contributed by atoms with Crippen LogP contribution in [0.15, 0.2) is 24.5 Å². The zero-order valence-electron chi connectivity index (χ0n) is 11.9. The van der Waals surface area contributed by atoms with E-state index in [9.17, 15) is 0 Å². The first kappa shape index (κ1) is 14.3. The summed E-state index contributed by atoms with van der Waals surface area (Å²) >= 11 is 1.38. The van der Waals surface area contributed by atoms with Gasteiger partial charge in [0.15, 0.2) is 0 Å². The van der Waals surface area contributed by atoms with Crippen molar-refractivity contribution in [3.05, 3.63) is 24.5 Å². The van der Waals surface area contributed by atoms with Crippen LogP contribution in [0.4, 0.5) is 10.8 Å². The summed E-state index contributed by atoms with van der Waals surface area (Å²) in [5.41, 5.74) is 7.91. The first-order valence-corrected chi connectivity index (χ1v) is 8.13. The summed E-state index contributed by atoms with van der Waals surface area (Å²) in [6.07, 6.45) is 9.02. The third-order valence-electron chi connectivity index (χ3n) is 3.71. The van der Waals surface area contributed by atoms with Gasteiger partial charge >= 0.3 is 0 Å². The van der Waals surface area contributed by atoms with Gasteiger partial charge in [-0.15, -0.1) is 0 Å². The molecule has 1 saturated carbocycles. The van der Waals surface area contributed by atoms with Crippen LogP contribution in [0.3, 0.4) is 0 Å². The lowest BCUT2D eigenvalue weighted by Crippen LogP contribution is -2.15. The number of ether oxygens (including phenoxy) is 1. The Morgan fingerprint density at radius 1 is 1.38 bits per heavy atom. The molecule has 112 valence electrons. The largest absolute Gasteiger partial charge is 0.382 e. The fourth-order valence-corrected chi connectivity index (χ4v) is 3.42. The summed E-state index contributed by atoms with van der Waals surface area (Å²) in [7, 11) is 0. The molecule has 0 unspecified atom stereocenters. The molecule has 1 fully saturated rings. The van der Waals surface area contributed by atoms with Crippen LogP contribution in [0.25, 0.3) is 11.1 Å². The van der Waals surface area contributed by atoms with Crippen LogP contribution in [-0.4, -0.2) is 28.6 Å². The van der Waals surface area contributed by atoms with Crippen molar-refractivity contribution in [2.75, 3.05) is 24.2 Å². The van der Waals surface area contributed by atoms with Gasteiger partial charge in [-0.25, -0.2) is 0 Å². The summed E-state index contributed by atoms with van der Waals surface area (Å²) < 4.78 is 10.1. The molecule has 1 aliphatic rings. The van der Waals surface area contributed by atoms with Crippen LogP contribution < -0.4 is 11.1 Å². The SMILES string of the molecule is Nc1nsc(NCCOC2CCCC2)c1-c1cccnc1. The summed E-state index contributed by atoms with van der Waals surface area (Å²) in [6.45, 7) is 1.49. The van der Waals surface area contributed by atoms with Gasteiger partial charge in [0.2, 0.25) is 0 Å². The summed E-state index contributed by atoms with van der Waals surface area (Å²) in [5.74, 6) is 0.548. The Bertz CT molecular complexity index is 566. The molecule has 0 atom stereocenters. The highest BCUT2D eigenvalue weighted by atomic mass is 32.1. The molecule has 1 aliphatic carbocycles. The standard InChI is InChI=1S/C15H20N4OS/c16-14-13(11-4-3-7-17-10-11)15(21-19-14)18-8-9-20-12-5-1-2-6-12/h3-4,7,10,12,18H,1-2,5-6,8-9H2,(H2,16,19). The maximum Gasteiger partial charge on any atom is 0.147 e. The second-order valence-electron chi connectivity index (χ2n) is 5.22. The first-order chi connectivity index (χ1) is 10.3. The smallest absolute Gasteiger partial charge is 0.147 e. The van der Waals surface area contributed by atoms with E-state index in [-0.39, 0.29) is 0 Å². The number of aromatic nitrogens is 2. The maximum atomic E-state index is 5.98. The minimum Gasteiger partial charge on any atom is -0.382 e. The van der Waals surface area contributed by atoms with E-state index < -0.39 is 0 Å². The van der Waals surface area contributed by atoms with Gasteiger partial charge in [0.1, 0.15) is 10.8 Å². The summed E-state index contributed by atoms with van der Waals surface area (Å²) in [6, 6.07) is 3.90. The molecule has 0 aromatic carbocycles. The number of nitrogens with one attached hydrogen (secondary N) is 1. The van der Waals surface area contributed by atoms with Crippen LogP contribution in [-0.2, 0) is 4.74 Å². The molecule has 2 heterocycles. The van der Waals surface area contributed by atoms with Crippen LogP contribution in [0, 0.1) is 0 Å². The molecule has 3 rings (SSSR count). The predicted octanol–water partition coefficient (Wildman–Crippen LogP) is 3.16. The van der Waals surface area contributed by atoms with Gasteiger partial charge in [0.05, 0.1) is 18.3 Å². The lowest BCUT2D eigenvalue weighted by atomic mass is 10.1. The highest BCUT2D eigenvalue weighted by molar-refractivity contribution is 7.11. The van der Waals surface area contributed by atoms with Crippen LogP contribution in [0.1, 0.15) is 25.7 Å². The van der Waals surface area contributed by atoms with Crippen molar-refractivity contribution in [1.29, 1.82) is 0 Å². The third kappa shape index (κ3) is 3.51. The van der Waals surface area contributed by atoms with E-state index in [1.807, 2.05) is 12.1 Å².